The van der Waals surface area contributed by atoms with Crippen LogP contribution in [0.25, 0.3) is 0 Å². The fourth-order valence-corrected chi connectivity index (χ4v) is 3.96. The molecule has 0 fully saturated rings. The van der Waals surface area contributed by atoms with E-state index in [1.807, 2.05) is 18.3 Å². The molecule has 0 amide bonds. The van der Waals surface area contributed by atoms with Crippen LogP contribution < -0.4 is 0 Å². The maximum atomic E-state index is 6.29. The lowest BCUT2D eigenvalue weighted by molar-refractivity contribution is -0.0798. The molecular formula is C20H36O4S. The van der Waals surface area contributed by atoms with Crippen LogP contribution in [0.1, 0.15) is 63.1 Å². The molecule has 0 aromatic carbocycles. The average molecular weight is 373 g/mol. The molecule has 1 rings (SSSR count). The number of hydrogen-bond donors (Lipinski definition) is 0. The van der Waals surface area contributed by atoms with Crippen molar-refractivity contribution in [2.75, 3.05) is 46.2 Å². The van der Waals surface area contributed by atoms with Crippen molar-refractivity contribution in [1.82, 2.24) is 0 Å². The standard InChI is InChI=1S/C20H36O4S/c1-6-20(7-2,19-10-9-18(25-19)17(4)5)24-16-15-23-14-13-22-12-11-21-8-3/h9-10,17H,6-8,11-16H2,1-5H3. The van der Waals surface area contributed by atoms with E-state index >= 15 is 0 Å². The molecule has 0 saturated heterocycles. The van der Waals surface area contributed by atoms with Gasteiger partial charge in [-0.2, -0.15) is 0 Å². The summed E-state index contributed by atoms with van der Waals surface area (Å²) in [6.07, 6.45) is 1.95. The van der Waals surface area contributed by atoms with E-state index in [0.29, 0.717) is 45.6 Å². The van der Waals surface area contributed by atoms with Gasteiger partial charge < -0.3 is 18.9 Å². The normalized spacial score (nSPS) is 12.2. The largest absolute Gasteiger partial charge is 0.379 e. The topological polar surface area (TPSA) is 36.9 Å². The number of ether oxygens (including phenoxy) is 4. The Kier molecular flexibility index (Phi) is 11.6. The first-order valence-corrected chi connectivity index (χ1v) is 10.4. The molecular weight excluding hydrogens is 336 g/mol. The highest BCUT2D eigenvalue weighted by molar-refractivity contribution is 7.12. The van der Waals surface area contributed by atoms with Crippen LogP contribution in [-0.2, 0) is 24.5 Å². The molecule has 0 radical (unpaired) electrons. The van der Waals surface area contributed by atoms with Gasteiger partial charge in [-0.25, -0.2) is 0 Å². The van der Waals surface area contributed by atoms with E-state index in [-0.39, 0.29) is 5.60 Å². The van der Waals surface area contributed by atoms with Crippen LogP contribution in [0.3, 0.4) is 0 Å². The van der Waals surface area contributed by atoms with Crippen molar-refractivity contribution in [2.24, 2.45) is 0 Å². The summed E-state index contributed by atoms with van der Waals surface area (Å²) in [7, 11) is 0. The van der Waals surface area contributed by atoms with Gasteiger partial charge in [0.25, 0.3) is 0 Å². The highest BCUT2D eigenvalue weighted by Gasteiger charge is 2.31. The third-order valence-corrected chi connectivity index (χ3v) is 5.91. The Morgan fingerprint density at radius 1 is 0.840 bits per heavy atom. The lowest BCUT2D eigenvalue weighted by Gasteiger charge is -2.31. The quantitative estimate of drug-likeness (QED) is 0.407. The Bertz CT molecular complexity index is 441. The van der Waals surface area contributed by atoms with Crippen molar-refractivity contribution in [3.05, 3.63) is 21.9 Å². The maximum Gasteiger partial charge on any atom is 0.102 e. The van der Waals surface area contributed by atoms with E-state index in [0.717, 1.165) is 19.4 Å². The molecule has 0 aliphatic heterocycles. The maximum absolute atomic E-state index is 6.29. The fourth-order valence-electron chi connectivity index (χ4n) is 2.66. The number of thiophene rings is 1. The van der Waals surface area contributed by atoms with E-state index in [2.05, 4.69) is 39.8 Å². The smallest absolute Gasteiger partial charge is 0.102 e. The minimum atomic E-state index is -0.185. The SMILES string of the molecule is CCOCCOCCOCCOC(CC)(CC)c1ccc(C(C)C)s1. The van der Waals surface area contributed by atoms with Crippen LogP contribution in [0, 0.1) is 0 Å². The van der Waals surface area contributed by atoms with E-state index in [4.69, 9.17) is 18.9 Å². The molecule has 25 heavy (non-hydrogen) atoms. The third kappa shape index (κ3) is 7.75. The molecule has 0 bridgehead atoms. The molecule has 1 aromatic heterocycles. The summed E-state index contributed by atoms with van der Waals surface area (Å²) in [4.78, 5) is 2.76. The molecule has 4 nitrogen and oxygen atoms in total. The molecule has 5 heteroatoms. The van der Waals surface area contributed by atoms with Crippen LogP contribution in [-0.4, -0.2) is 46.2 Å². The van der Waals surface area contributed by atoms with E-state index < -0.39 is 0 Å². The molecule has 0 unspecified atom stereocenters. The summed E-state index contributed by atoms with van der Waals surface area (Å²) < 4.78 is 22.6. The first-order valence-electron chi connectivity index (χ1n) is 9.57. The Morgan fingerprint density at radius 2 is 1.40 bits per heavy atom. The summed E-state index contributed by atoms with van der Waals surface area (Å²) in [5.41, 5.74) is -0.185. The zero-order valence-corrected chi connectivity index (χ0v) is 17.5. The van der Waals surface area contributed by atoms with Gasteiger partial charge in [-0.3, -0.25) is 0 Å². The number of hydrogen-bond acceptors (Lipinski definition) is 5. The lowest BCUT2D eigenvalue weighted by Crippen LogP contribution is -2.29. The van der Waals surface area contributed by atoms with Gasteiger partial charge in [0.2, 0.25) is 0 Å². The summed E-state index contributed by atoms with van der Waals surface area (Å²) in [6.45, 7) is 15.3. The molecule has 0 atom stereocenters. The highest BCUT2D eigenvalue weighted by atomic mass is 32.1. The second kappa shape index (κ2) is 12.8. The minimum Gasteiger partial charge on any atom is -0.379 e. The predicted octanol–water partition coefficient (Wildman–Crippen LogP) is 4.97. The Hall–Kier alpha value is -0.460. The van der Waals surface area contributed by atoms with Gasteiger partial charge in [-0.15, -0.1) is 11.3 Å². The monoisotopic (exact) mass is 372 g/mol. The van der Waals surface area contributed by atoms with Crippen molar-refractivity contribution in [2.45, 2.75) is 59.0 Å². The van der Waals surface area contributed by atoms with Crippen molar-refractivity contribution in [3.8, 4) is 0 Å². The van der Waals surface area contributed by atoms with Crippen LogP contribution in [0.5, 0.6) is 0 Å². The third-order valence-electron chi connectivity index (χ3n) is 4.34. The molecule has 0 aliphatic carbocycles. The van der Waals surface area contributed by atoms with Crippen LogP contribution >= 0.6 is 11.3 Å². The van der Waals surface area contributed by atoms with Crippen LogP contribution in [0.15, 0.2) is 12.1 Å². The zero-order chi connectivity index (χ0) is 18.5. The van der Waals surface area contributed by atoms with Crippen LogP contribution in [0.2, 0.25) is 0 Å². The molecule has 146 valence electrons. The first kappa shape index (κ1) is 22.6. The zero-order valence-electron chi connectivity index (χ0n) is 16.6. The molecule has 0 aliphatic rings. The summed E-state index contributed by atoms with van der Waals surface area (Å²) in [5, 5.41) is 0. The molecule has 0 spiro atoms. The Morgan fingerprint density at radius 3 is 1.88 bits per heavy atom. The van der Waals surface area contributed by atoms with Gasteiger partial charge in [0, 0.05) is 16.4 Å². The minimum absolute atomic E-state index is 0.185. The Balaban J connectivity index is 2.31. The molecule has 1 heterocycles. The van der Waals surface area contributed by atoms with Crippen molar-refractivity contribution in [3.63, 3.8) is 0 Å². The van der Waals surface area contributed by atoms with Crippen molar-refractivity contribution in [1.29, 1.82) is 0 Å². The lowest BCUT2D eigenvalue weighted by atomic mass is 9.95. The summed E-state index contributed by atoms with van der Waals surface area (Å²) in [5.74, 6) is 0.566. The van der Waals surface area contributed by atoms with Crippen molar-refractivity contribution < 1.29 is 18.9 Å². The second-order valence-electron chi connectivity index (χ2n) is 6.33. The molecule has 1 aromatic rings. The average Bonchev–Trinajstić information content (AvgIpc) is 3.11. The van der Waals surface area contributed by atoms with Gasteiger partial charge >= 0.3 is 0 Å². The van der Waals surface area contributed by atoms with E-state index in [9.17, 15) is 0 Å². The molecule has 0 saturated carbocycles. The van der Waals surface area contributed by atoms with Gasteiger partial charge in [-0.05, 0) is 37.8 Å². The summed E-state index contributed by atoms with van der Waals surface area (Å²) in [6, 6.07) is 4.48. The number of rotatable bonds is 15. The van der Waals surface area contributed by atoms with Gasteiger partial charge in [0.15, 0.2) is 0 Å². The van der Waals surface area contributed by atoms with Gasteiger partial charge in [-0.1, -0.05) is 27.7 Å². The van der Waals surface area contributed by atoms with Crippen LogP contribution in [0.4, 0.5) is 0 Å². The van der Waals surface area contributed by atoms with Gasteiger partial charge in [0.1, 0.15) is 5.60 Å². The van der Waals surface area contributed by atoms with Crippen molar-refractivity contribution >= 4 is 11.3 Å². The van der Waals surface area contributed by atoms with Gasteiger partial charge in [0.05, 0.1) is 39.6 Å². The Labute approximate surface area is 157 Å². The van der Waals surface area contributed by atoms with E-state index in [1.54, 1.807) is 0 Å². The van der Waals surface area contributed by atoms with E-state index in [1.165, 1.54) is 9.75 Å². The summed E-state index contributed by atoms with van der Waals surface area (Å²) >= 11 is 1.88. The fraction of sp³-hybridized carbons (Fsp3) is 0.800. The predicted molar refractivity (Wildman–Crippen MR) is 105 cm³/mol. The molecule has 0 N–H and O–H groups in total. The second-order valence-corrected chi connectivity index (χ2v) is 7.44. The first-order chi connectivity index (χ1) is 12.1. The highest BCUT2D eigenvalue weighted by Crippen LogP contribution is 2.39.